The quantitative estimate of drug-likeness (QED) is 0.746. The van der Waals surface area contributed by atoms with Crippen LogP contribution in [0.2, 0.25) is 0 Å². The molecule has 2 N–H and O–H groups in total. The fraction of sp³-hybridized carbons (Fsp3) is 1.00. The van der Waals surface area contributed by atoms with Crippen molar-refractivity contribution >= 4 is 0 Å². The highest BCUT2D eigenvalue weighted by Gasteiger charge is 2.62. The van der Waals surface area contributed by atoms with Gasteiger partial charge in [0.25, 0.3) is 0 Å². The van der Waals surface area contributed by atoms with E-state index in [9.17, 15) is 10.2 Å². The third kappa shape index (κ3) is 2.42. The molecular formula is C23H39NO2. The first-order valence-electron chi connectivity index (χ1n) is 11.5. The van der Waals surface area contributed by atoms with E-state index < -0.39 is 0 Å². The van der Waals surface area contributed by atoms with Crippen LogP contribution in [0.3, 0.4) is 0 Å². The lowest BCUT2D eigenvalue weighted by Crippen LogP contribution is -2.55. The molecule has 4 aliphatic carbocycles. The van der Waals surface area contributed by atoms with Crippen molar-refractivity contribution in [1.82, 2.24) is 4.90 Å². The molecule has 0 radical (unpaired) electrons. The average molecular weight is 362 g/mol. The molecule has 0 amide bonds. The number of aliphatic hydroxyl groups excluding tert-OH is 2. The maximum absolute atomic E-state index is 11.4. The second kappa shape index (κ2) is 6.19. The van der Waals surface area contributed by atoms with Crippen LogP contribution in [-0.2, 0) is 0 Å². The predicted molar refractivity (Wildman–Crippen MR) is 104 cm³/mol. The minimum Gasteiger partial charge on any atom is -0.393 e. The number of nitrogens with zero attached hydrogens (tertiary/aromatic N) is 1. The molecule has 3 heteroatoms. The average Bonchev–Trinajstić information content (AvgIpc) is 3.21. The highest BCUT2D eigenvalue weighted by Crippen LogP contribution is 2.66. The Bertz CT molecular complexity index is 546. The molecule has 0 aromatic carbocycles. The van der Waals surface area contributed by atoms with Crippen molar-refractivity contribution in [1.29, 1.82) is 0 Å². The van der Waals surface area contributed by atoms with E-state index in [1.54, 1.807) is 0 Å². The molecule has 0 spiro atoms. The minimum atomic E-state index is -0.131. The van der Waals surface area contributed by atoms with E-state index in [1.807, 2.05) is 0 Å². The Balaban J connectivity index is 1.42. The fourth-order valence-electron chi connectivity index (χ4n) is 8.74. The molecule has 0 bridgehead atoms. The Labute approximate surface area is 159 Å². The Morgan fingerprint density at radius 2 is 1.58 bits per heavy atom. The van der Waals surface area contributed by atoms with Gasteiger partial charge in [-0.2, -0.15) is 0 Å². The summed E-state index contributed by atoms with van der Waals surface area (Å²) in [5, 5.41) is 21.8. The Kier molecular flexibility index (Phi) is 4.27. The zero-order valence-corrected chi connectivity index (χ0v) is 16.9. The molecular weight excluding hydrogens is 322 g/mol. The van der Waals surface area contributed by atoms with Crippen molar-refractivity contribution in [3.63, 3.8) is 0 Å². The maximum Gasteiger partial charge on any atom is 0.0751 e. The lowest BCUT2D eigenvalue weighted by atomic mass is 9.45. The normalized spacial score (nSPS) is 57.5. The van der Waals surface area contributed by atoms with E-state index in [1.165, 1.54) is 64.5 Å². The Morgan fingerprint density at radius 1 is 0.846 bits per heavy atom. The SMILES string of the molecule is C[C@]12C[C@@H](O)CCC1CCC1C2CC[C@@]2(C)C1C[C@H](N1CCCC1)[C@@H]2O. The van der Waals surface area contributed by atoms with Gasteiger partial charge in [-0.15, -0.1) is 0 Å². The summed E-state index contributed by atoms with van der Waals surface area (Å²) >= 11 is 0. The van der Waals surface area contributed by atoms with Gasteiger partial charge in [-0.05, 0) is 112 Å². The van der Waals surface area contributed by atoms with Crippen molar-refractivity contribution in [2.45, 2.75) is 96.3 Å². The molecule has 1 aliphatic heterocycles. The molecule has 4 saturated carbocycles. The van der Waals surface area contributed by atoms with Crippen LogP contribution >= 0.6 is 0 Å². The van der Waals surface area contributed by atoms with Gasteiger partial charge in [-0.1, -0.05) is 13.8 Å². The van der Waals surface area contributed by atoms with Crippen LogP contribution in [0.15, 0.2) is 0 Å². The highest BCUT2D eigenvalue weighted by atomic mass is 16.3. The Morgan fingerprint density at radius 3 is 2.35 bits per heavy atom. The van der Waals surface area contributed by atoms with E-state index >= 15 is 0 Å². The minimum absolute atomic E-state index is 0.0742. The summed E-state index contributed by atoms with van der Waals surface area (Å²) in [4.78, 5) is 2.61. The summed E-state index contributed by atoms with van der Waals surface area (Å²) in [6.45, 7) is 7.33. The largest absolute Gasteiger partial charge is 0.393 e. The van der Waals surface area contributed by atoms with E-state index in [2.05, 4.69) is 18.7 Å². The van der Waals surface area contributed by atoms with Crippen molar-refractivity contribution in [3.05, 3.63) is 0 Å². The van der Waals surface area contributed by atoms with E-state index in [0.29, 0.717) is 17.4 Å². The van der Waals surface area contributed by atoms with Crippen molar-refractivity contribution in [3.8, 4) is 0 Å². The van der Waals surface area contributed by atoms with Crippen molar-refractivity contribution in [2.75, 3.05) is 13.1 Å². The first kappa shape index (κ1) is 17.9. The number of rotatable bonds is 1. The van der Waals surface area contributed by atoms with Crippen LogP contribution < -0.4 is 0 Å². The number of hydrogen-bond donors (Lipinski definition) is 2. The van der Waals surface area contributed by atoms with E-state index in [4.69, 9.17) is 0 Å². The van der Waals surface area contributed by atoms with Gasteiger partial charge in [0.15, 0.2) is 0 Å². The van der Waals surface area contributed by atoms with Crippen LogP contribution in [0.1, 0.15) is 78.1 Å². The summed E-state index contributed by atoms with van der Waals surface area (Å²) in [5.74, 6) is 3.08. The van der Waals surface area contributed by atoms with Crippen LogP contribution in [0, 0.1) is 34.5 Å². The van der Waals surface area contributed by atoms with E-state index in [0.717, 1.165) is 30.6 Å². The smallest absolute Gasteiger partial charge is 0.0751 e. The molecule has 5 fully saturated rings. The van der Waals surface area contributed by atoms with Gasteiger partial charge in [0.1, 0.15) is 0 Å². The Hall–Kier alpha value is -0.120. The summed E-state index contributed by atoms with van der Waals surface area (Å²) < 4.78 is 0. The highest BCUT2D eigenvalue weighted by molar-refractivity contribution is 5.13. The molecule has 5 rings (SSSR count). The van der Waals surface area contributed by atoms with Gasteiger partial charge < -0.3 is 10.2 Å². The monoisotopic (exact) mass is 361 g/mol. The molecule has 148 valence electrons. The van der Waals surface area contributed by atoms with Gasteiger partial charge >= 0.3 is 0 Å². The third-order valence-corrected chi connectivity index (χ3v) is 10.2. The van der Waals surface area contributed by atoms with Gasteiger partial charge in [0.05, 0.1) is 12.2 Å². The maximum atomic E-state index is 11.4. The predicted octanol–water partition coefficient (Wildman–Crippen LogP) is 3.83. The van der Waals surface area contributed by atoms with Crippen LogP contribution in [0.4, 0.5) is 0 Å². The molecule has 9 atom stereocenters. The second-order valence-electron chi connectivity index (χ2n) is 11.1. The molecule has 5 aliphatic rings. The summed E-state index contributed by atoms with van der Waals surface area (Å²) in [6.07, 6.45) is 12.1. The summed E-state index contributed by atoms with van der Waals surface area (Å²) in [5.41, 5.74) is 0.476. The number of aliphatic hydroxyl groups is 2. The fourth-order valence-corrected chi connectivity index (χ4v) is 8.74. The van der Waals surface area contributed by atoms with Gasteiger partial charge in [0.2, 0.25) is 0 Å². The molecule has 0 aromatic rings. The zero-order valence-electron chi connectivity index (χ0n) is 16.9. The van der Waals surface area contributed by atoms with Crippen LogP contribution in [0.25, 0.3) is 0 Å². The topological polar surface area (TPSA) is 43.7 Å². The van der Waals surface area contributed by atoms with E-state index in [-0.39, 0.29) is 17.6 Å². The first-order chi connectivity index (χ1) is 12.4. The van der Waals surface area contributed by atoms with Crippen molar-refractivity contribution in [2.24, 2.45) is 34.5 Å². The first-order valence-corrected chi connectivity index (χ1v) is 11.5. The number of hydrogen-bond acceptors (Lipinski definition) is 3. The lowest BCUT2D eigenvalue weighted by molar-refractivity contribution is -0.138. The van der Waals surface area contributed by atoms with Gasteiger partial charge in [-0.3, -0.25) is 4.90 Å². The molecule has 26 heavy (non-hydrogen) atoms. The third-order valence-electron chi connectivity index (χ3n) is 10.2. The zero-order chi connectivity index (χ0) is 18.1. The standard InChI is InChI=1S/C23H39NO2/c1-22-10-9-18-17(8-6-15-5-7-16(25)14-23(15,18)2)19(22)13-20(21(22)26)24-11-3-4-12-24/h15-21,25-26H,3-14H2,1-2H3/t15?,16-,17?,18?,19?,20-,21-,22-,23-/m0/s1. The summed E-state index contributed by atoms with van der Waals surface area (Å²) in [7, 11) is 0. The molecule has 1 saturated heterocycles. The van der Waals surface area contributed by atoms with Crippen LogP contribution in [0.5, 0.6) is 0 Å². The van der Waals surface area contributed by atoms with Gasteiger partial charge in [-0.25, -0.2) is 0 Å². The van der Waals surface area contributed by atoms with Crippen LogP contribution in [-0.4, -0.2) is 46.5 Å². The molecule has 0 aromatic heterocycles. The van der Waals surface area contributed by atoms with Crippen molar-refractivity contribution < 1.29 is 10.2 Å². The molecule has 1 heterocycles. The second-order valence-corrected chi connectivity index (χ2v) is 11.1. The molecule has 3 nitrogen and oxygen atoms in total. The van der Waals surface area contributed by atoms with Gasteiger partial charge in [0, 0.05) is 6.04 Å². The number of likely N-dealkylation sites (tertiary alicyclic amines) is 1. The number of fused-ring (bicyclic) bond motifs is 5. The summed E-state index contributed by atoms with van der Waals surface area (Å²) in [6, 6.07) is 0.411. The molecule has 4 unspecified atom stereocenters. The lowest BCUT2D eigenvalue weighted by Gasteiger charge is -2.60.